The second-order valence-corrected chi connectivity index (χ2v) is 21.2. The van der Waals surface area contributed by atoms with Gasteiger partial charge in [-0.05, 0) is 204 Å². The van der Waals surface area contributed by atoms with Crippen LogP contribution in [0.15, 0.2) is 296 Å². The summed E-state index contributed by atoms with van der Waals surface area (Å²) < 4.78 is 0. The quantitative estimate of drug-likeness (QED) is 0.121. The molecule has 3 atom stereocenters. The Morgan fingerprint density at radius 2 is 0.872 bits per heavy atom. The monoisotopic (exact) mass is 1000 g/mol. The number of hydrogen-bond acceptors (Lipinski definition) is 4. The summed E-state index contributed by atoms with van der Waals surface area (Å²) in [6, 6.07) is 85.7. The van der Waals surface area contributed by atoms with Gasteiger partial charge in [0.05, 0.1) is 11.5 Å². The minimum Gasteiger partial charge on any atom is -0.334 e. The van der Waals surface area contributed by atoms with Crippen LogP contribution in [-0.4, -0.2) is 6.04 Å². The molecular weight excluding hydrogens is 945 g/mol. The molecule has 5 aliphatic rings. The third kappa shape index (κ3) is 8.06. The van der Waals surface area contributed by atoms with Gasteiger partial charge in [-0.3, -0.25) is 0 Å². The molecule has 4 nitrogen and oxygen atoms in total. The SMILES string of the molecule is CC1C=CC2=C(C1)c1ccccc1C21c2cc(N(c3ccccc3)c3ccc(N(C4=CC=CCC4)c4ccccc4)cc3)ccc2-c2ccc(N(c3ccccc3)c3ccc(N(c4ccccc4)C4C=CC=CC4)cc3)cc21. The second kappa shape index (κ2) is 20.0. The van der Waals surface area contributed by atoms with E-state index >= 15 is 0 Å². The van der Waals surface area contributed by atoms with E-state index in [2.05, 4.69) is 312 Å². The Kier molecular flexibility index (Phi) is 12.1. The van der Waals surface area contributed by atoms with Gasteiger partial charge in [-0.25, -0.2) is 0 Å². The molecular formula is C74H60N4. The van der Waals surface area contributed by atoms with Crippen molar-refractivity contribution < 1.29 is 0 Å². The van der Waals surface area contributed by atoms with Crippen LogP contribution in [0, 0.1) is 5.92 Å². The van der Waals surface area contributed by atoms with Gasteiger partial charge in [-0.1, -0.05) is 165 Å². The lowest BCUT2D eigenvalue weighted by Crippen LogP contribution is -2.29. The molecule has 0 saturated heterocycles. The minimum atomic E-state index is -0.561. The zero-order valence-corrected chi connectivity index (χ0v) is 43.9. The van der Waals surface area contributed by atoms with Gasteiger partial charge in [-0.2, -0.15) is 0 Å². The summed E-state index contributed by atoms with van der Waals surface area (Å²) in [5.74, 6) is 0.435. The van der Waals surface area contributed by atoms with Crippen LogP contribution in [0.4, 0.5) is 56.9 Å². The van der Waals surface area contributed by atoms with Gasteiger partial charge in [0, 0.05) is 62.6 Å². The van der Waals surface area contributed by atoms with Crippen LogP contribution in [0.3, 0.4) is 0 Å². The average molecular weight is 1010 g/mol. The Balaban J connectivity index is 0.919. The molecule has 0 N–H and O–H groups in total. The molecule has 0 saturated carbocycles. The van der Waals surface area contributed by atoms with Gasteiger partial charge >= 0.3 is 0 Å². The normalized spacial score (nSPS) is 18.2. The molecule has 0 aliphatic heterocycles. The Hall–Kier alpha value is -9.38. The lowest BCUT2D eigenvalue weighted by atomic mass is 9.68. The standard InChI is InChI=1S/C74H60N4/c1-53-36-49-71-69(50-53)66-34-20-21-35-70(66)74(71)72-51-64(77(58-30-16-6-17-31-58)62-41-37-60(38-42-62)75(54-22-8-2-9-23-54)55-24-10-3-11-25-55)45-47-67(72)68-48-46-65(52-73(68)74)78(59-32-18-7-19-33-59)63-43-39-61(40-44-63)76(56-26-12-4-13-27-56)57-28-14-5-15-29-57/h2-14,16-24,26-28,30-49,51-53,55H,15,25,29,50H2,1H3. The zero-order chi connectivity index (χ0) is 52.0. The average Bonchev–Trinajstić information content (AvgIpc) is 2.75. The van der Waals surface area contributed by atoms with Crippen molar-refractivity contribution in [3.8, 4) is 11.1 Å². The third-order valence-electron chi connectivity index (χ3n) is 16.5. The number of nitrogens with zero attached hydrogens (tertiary/aromatic N) is 4. The molecule has 0 heterocycles. The van der Waals surface area contributed by atoms with E-state index < -0.39 is 5.41 Å². The van der Waals surface area contributed by atoms with Gasteiger partial charge in [0.2, 0.25) is 0 Å². The van der Waals surface area contributed by atoms with E-state index in [-0.39, 0.29) is 6.04 Å². The molecule has 9 aromatic carbocycles. The zero-order valence-electron chi connectivity index (χ0n) is 43.9. The van der Waals surface area contributed by atoms with Crippen molar-refractivity contribution in [1.82, 2.24) is 0 Å². The molecule has 5 aliphatic carbocycles. The number of allylic oxidation sites excluding steroid dienone is 10. The molecule has 0 fully saturated rings. The maximum atomic E-state index is 2.52. The van der Waals surface area contributed by atoms with Gasteiger partial charge in [0.25, 0.3) is 0 Å². The van der Waals surface area contributed by atoms with E-state index in [0.717, 1.165) is 76.9 Å². The van der Waals surface area contributed by atoms with Crippen LogP contribution in [0.5, 0.6) is 0 Å². The lowest BCUT2D eigenvalue weighted by molar-refractivity contribution is 0.725. The number of anilines is 10. The molecule has 0 bridgehead atoms. The van der Waals surface area contributed by atoms with E-state index in [0.29, 0.717) is 5.92 Å². The van der Waals surface area contributed by atoms with E-state index in [9.17, 15) is 0 Å². The molecule has 14 rings (SSSR count). The van der Waals surface area contributed by atoms with Crippen LogP contribution in [0.25, 0.3) is 16.7 Å². The van der Waals surface area contributed by atoms with Gasteiger partial charge in [0.15, 0.2) is 0 Å². The number of benzene rings is 9. The van der Waals surface area contributed by atoms with Crippen molar-refractivity contribution in [2.24, 2.45) is 5.92 Å². The molecule has 0 aromatic heterocycles. The van der Waals surface area contributed by atoms with Crippen molar-refractivity contribution in [3.05, 3.63) is 319 Å². The molecule has 376 valence electrons. The van der Waals surface area contributed by atoms with E-state index in [1.165, 1.54) is 55.9 Å². The topological polar surface area (TPSA) is 13.0 Å². The smallest absolute Gasteiger partial charge is 0.0723 e. The maximum absolute atomic E-state index is 2.52. The Morgan fingerprint density at radius 3 is 1.41 bits per heavy atom. The summed E-state index contributed by atoms with van der Waals surface area (Å²) in [5, 5.41) is 0. The first-order valence-corrected chi connectivity index (χ1v) is 27.7. The van der Waals surface area contributed by atoms with Gasteiger partial charge < -0.3 is 19.6 Å². The summed E-state index contributed by atoms with van der Waals surface area (Å²) >= 11 is 0. The van der Waals surface area contributed by atoms with Gasteiger partial charge in [-0.15, -0.1) is 0 Å². The molecule has 1 spiro atoms. The van der Waals surface area contributed by atoms with Crippen molar-refractivity contribution in [2.75, 3.05) is 19.6 Å². The van der Waals surface area contributed by atoms with E-state index in [1.54, 1.807) is 0 Å². The first-order valence-electron chi connectivity index (χ1n) is 27.7. The van der Waals surface area contributed by atoms with Crippen molar-refractivity contribution in [1.29, 1.82) is 0 Å². The van der Waals surface area contributed by atoms with Crippen LogP contribution in [0.1, 0.15) is 54.9 Å². The fraction of sp³-hybridized carbons (Fsp3) is 0.108. The van der Waals surface area contributed by atoms with E-state index in [4.69, 9.17) is 0 Å². The minimum absolute atomic E-state index is 0.215. The third-order valence-corrected chi connectivity index (χ3v) is 16.5. The highest BCUT2D eigenvalue weighted by molar-refractivity contribution is 5.98. The fourth-order valence-electron chi connectivity index (χ4n) is 13.1. The summed E-state index contributed by atoms with van der Waals surface area (Å²) in [5.41, 5.74) is 22.8. The molecule has 78 heavy (non-hydrogen) atoms. The molecule has 9 aromatic rings. The van der Waals surface area contributed by atoms with Crippen LogP contribution >= 0.6 is 0 Å². The van der Waals surface area contributed by atoms with Crippen molar-refractivity contribution in [3.63, 3.8) is 0 Å². The largest absolute Gasteiger partial charge is 0.334 e. The summed E-state index contributed by atoms with van der Waals surface area (Å²) in [7, 11) is 0. The highest BCUT2D eigenvalue weighted by Gasteiger charge is 2.53. The predicted octanol–water partition coefficient (Wildman–Crippen LogP) is 19.7. The summed E-state index contributed by atoms with van der Waals surface area (Å²) in [6.07, 6.45) is 24.5. The number of fused-ring (bicyclic) bond motifs is 9. The van der Waals surface area contributed by atoms with Crippen LogP contribution < -0.4 is 19.6 Å². The number of para-hydroxylation sites is 4. The van der Waals surface area contributed by atoms with Crippen LogP contribution in [-0.2, 0) is 5.41 Å². The molecule has 4 heteroatoms. The molecule has 0 amide bonds. The highest BCUT2D eigenvalue weighted by atomic mass is 15.2. The second-order valence-electron chi connectivity index (χ2n) is 21.2. The maximum Gasteiger partial charge on any atom is 0.0723 e. The van der Waals surface area contributed by atoms with Crippen molar-refractivity contribution in [2.45, 2.75) is 44.1 Å². The Morgan fingerprint density at radius 1 is 0.397 bits per heavy atom. The van der Waals surface area contributed by atoms with Crippen molar-refractivity contribution >= 4 is 62.4 Å². The van der Waals surface area contributed by atoms with Gasteiger partial charge in [0.1, 0.15) is 0 Å². The van der Waals surface area contributed by atoms with E-state index in [1.807, 2.05) is 0 Å². The number of hydrogen-bond donors (Lipinski definition) is 0. The lowest BCUT2D eigenvalue weighted by Gasteiger charge is -2.35. The predicted molar refractivity (Wildman–Crippen MR) is 328 cm³/mol. The Bertz CT molecular complexity index is 3870. The first-order chi connectivity index (χ1) is 38.6. The molecule has 3 unspecified atom stereocenters. The molecule has 0 radical (unpaired) electrons. The highest BCUT2D eigenvalue weighted by Crippen LogP contribution is 2.65. The first kappa shape index (κ1) is 47.1. The summed E-state index contributed by atoms with van der Waals surface area (Å²) in [6.45, 7) is 2.36. The fourth-order valence-corrected chi connectivity index (χ4v) is 13.1. The van der Waals surface area contributed by atoms with Crippen LogP contribution in [0.2, 0.25) is 0 Å². The Labute approximate surface area is 459 Å². The number of rotatable bonds is 12. The summed E-state index contributed by atoms with van der Waals surface area (Å²) in [4.78, 5) is 9.76.